The van der Waals surface area contributed by atoms with Crippen LogP contribution in [0.3, 0.4) is 0 Å². The predicted octanol–water partition coefficient (Wildman–Crippen LogP) is 16.7. The quantitative estimate of drug-likeness (QED) is 0.163. The molecule has 2 nitrogen and oxygen atoms in total. The molecular weight excluding hydrogens is 864 g/mol. The monoisotopic (exact) mass is 937 g/mol. The standard InChI is InChI=1S/C66H73BN2S/c1-60(2,3)42-19-21-43(22-20-42)69-55-34-41(40-17-15-14-16-18-40)33-54-58(55)67(57-45-36-50-51(39-56(45)70-59(57)69)66(13)31-29-65(50,12)30-32-66)52-37-48-49(64(10,11)28-27-63(48,8)9)38-53(52)68(54)44-23-24-46-47(35-44)62(6,7)26-25-61(46,4)5/h14-24,33-39H,25-32H2,1-13H3. The van der Waals surface area contributed by atoms with E-state index in [1.54, 1.807) is 11.1 Å². The third kappa shape index (κ3) is 6.29. The summed E-state index contributed by atoms with van der Waals surface area (Å²) < 4.78 is 1.44. The number of fused-ring (bicyclic) bond motifs is 10. The van der Waals surface area contributed by atoms with Crippen LogP contribution in [0.15, 0.2) is 109 Å². The van der Waals surface area contributed by atoms with Gasteiger partial charge in [0.05, 0.1) is 5.00 Å². The summed E-state index contributed by atoms with van der Waals surface area (Å²) in [5.74, 6) is 0. The molecule has 0 spiro atoms. The highest BCUT2D eigenvalue weighted by Crippen LogP contribution is 2.59. The van der Waals surface area contributed by atoms with Gasteiger partial charge in [-0.1, -0.05) is 145 Å². The molecule has 1 fully saturated rings. The lowest BCUT2D eigenvalue weighted by molar-refractivity contribution is 0.188. The van der Waals surface area contributed by atoms with Gasteiger partial charge in [0.2, 0.25) is 0 Å². The van der Waals surface area contributed by atoms with Gasteiger partial charge in [0.1, 0.15) is 0 Å². The maximum absolute atomic E-state index is 2.75. The van der Waals surface area contributed by atoms with Gasteiger partial charge in [-0.15, -0.1) is 11.3 Å². The Hall–Kier alpha value is -5.06. The highest BCUT2D eigenvalue weighted by molar-refractivity contribution is 7.26. The van der Waals surface area contributed by atoms with Gasteiger partial charge in [-0.3, -0.25) is 0 Å². The molecule has 1 saturated carbocycles. The van der Waals surface area contributed by atoms with Crippen LogP contribution in [-0.4, -0.2) is 6.71 Å². The van der Waals surface area contributed by atoms with E-state index in [4.69, 9.17) is 0 Å². The minimum atomic E-state index is 0.0513. The van der Waals surface area contributed by atoms with Crippen LogP contribution in [0.4, 0.5) is 33.4 Å². The largest absolute Gasteiger partial charge is 0.311 e. The Morgan fingerprint density at radius 3 is 1.57 bits per heavy atom. The molecule has 7 aromatic rings. The first kappa shape index (κ1) is 44.9. The second-order valence-corrected chi connectivity index (χ2v) is 28.3. The van der Waals surface area contributed by atoms with Gasteiger partial charge in [-0.25, -0.2) is 0 Å². The zero-order valence-electron chi connectivity index (χ0n) is 44.4. The van der Waals surface area contributed by atoms with Crippen molar-refractivity contribution in [3.05, 3.63) is 148 Å². The van der Waals surface area contributed by atoms with Crippen molar-refractivity contribution in [3.63, 3.8) is 0 Å². The Morgan fingerprint density at radius 2 is 0.971 bits per heavy atom. The number of nitrogens with zero attached hydrogens (tertiary/aromatic N) is 2. The van der Waals surface area contributed by atoms with E-state index in [0.717, 1.165) is 0 Å². The minimum Gasteiger partial charge on any atom is -0.311 e. The lowest BCUT2D eigenvalue weighted by atomic mass is 9.33. The topological polar surface area (TPSA) is 6.48 Å². The summed E-state index contributed by atoms with van der Waals surface area (Å²) in [5, 5.41) is 2.85. The molecular formula is C66H73BN2S. The Bertz CT molecular complexity index is 3350. The van der Waals surface area contributed by atoms with Crippen LogP contribution in [0.2, 0.25) is 0 Å². The summed E-state index contributed by atoms with van der Waals surface area (Å²) >= 11 is 2.05. The third-order valence-corrected chi connectivity index (χ3v) is 20.9. The molecule has 0 unspecified atom stereocenters. The molecule has 14 rings (SSSR count). The van der Waals surface area contributed by atoms with Gasteiger partial charge in [0.15, 0.2) is 0 Å². The van der Waals surface area contributed by atoms with Crippen molar-refractivity contribution in [2.45, 2.75) is 179 Å². The summed E-state index contributed by atoms with van der Waals surface area (Å²) in [6, 6.07) is 44.5. The molecule has 5 aliphatic carbocycles. The summed E-state index contributed by atoms with van der Waals surface area (Å²) in [6.45, 7) is 32.2. The van der Waals surface area contributed by atoms with E-state index in [2.05, 4.69) is 220 Å². The minimum absolute atomic E-state index is 0.0513. The normalized spacial score (nSPS) is 23.8. The molecule has 6 aromatic carbocycles. The SMILES string of the molecule is CC(C)(C)c1ccc(N2c3cc(-c4ccccc4)cc4c3B(c3cc5c(cc3N4c3ccc4c(c3)C(C)(C)CCC4(C)C)C(C)(C)CCC5(C)C)c3c2sc2cc4c(cc32)C2(C)CCC4(C)CC2)cc1. The first-order valence-corrected chi connectivity index (χ1v) is 27.7. The van der Waals surface area contributed by atoms with E-state index < -0.39 is 0 Å². The van der Waals surface area contributed by atoms with Gasteiger partial charge in [0, 0.05) is 33.1 Å². The first-order valence-electron chi connectivity index (χ1n) is 26.9. The molecule has 0 amide bonds. The van der Waals surface area contributed by atoms with E-state index in [-0.39, 0.29) is 44.6 Å². The summed E-state index contributed by atoms with van der Waals surface area (Å²) in [7, 11) is 0. The fourth-order valence-electron chi connectivity index (χ4n) is 14.7. The van der Waals surface area contributed by atoms with Crippen molar-refractivity contribution in [2.24, 2.45) is 0 Å². The Kier molecular flexibility index (Phi) is 9.19. The summed E-state index contributed by atoms with van der Waals surface area (Å²) in [6.07, 6.45) is 9.90. The highest BCUT2D eigenvalue weighted by Gasteiger charge is 2.51. The van der Waals surface area contributed by atoms with Crippen molar-refractivity contribution < 1.29 is 0 Å². The summed E-state index contributed by atoms with van der Waals surface area (Å²) in [4.78, 5) is 5.45. The zero-order valence-corrected chi connectivity index (χ0v) is 45.2. The van der Waals surface area contributed by atoms with Gasteiger partial charge >= 0.3 is 0 Å². The molecule has 1 aromatic heterocycles. The van der Waals surface area contributed by atoms with Gasteiger partial charge in [-0.05, 0) is 216 Å². The van der Waals surface area contributed by atoms with Crippen molar-refractivity contribution in [3.8, 4) is 11.1 Å². The second-order valence-electron chi connectivity index (χ2n) is 27.3. The van der Waals surface area contributed by atoms with Gasteiger partial charge in [0.25, 0.3) is 6.71 Å². The Morgan fingerprint density at radius 1 is 0.443 bits per heavy atom. The lowest BCUT2D eigenvalue weighted by Gasteiger charge is -2.52. The number of hydrogen-bond donors (Lipinski definition) is 0. The van der Waals surface area contributed by atoms with Gasteiger partial charge in [-0.2, -0.15) is 0 Å². The zero-order chi connectivity index (χ0) is 48.9. The predicted molar refractivity (Wildman–Crippen MR) is 304 cm³/mol. The number of benzene rings is 6. The second kappa shape index (κ2) is 14.3. The third-order valence-electron chi connectivity index (χ3n) is 19.7. The van der Waals surface area contributed by atoms with Crippen LogP contribution >= 0.6 is 11.3 Å². The maximum atomic E-state index is 2.75. The van der Waals surface area contributed by atoms with Crippen molar-refractivity contribution >= 4 is 78.0 Å². The van der Waals surface area contributed by atoms with E-state index >= 15 is 0 Å². The van der Waals surface area contributed by atoms with Gasteiger partial charge < -0.3 is 9.80 Å². The van der Waals surface area contributed by atoms with Crippen LogP contribution in [0.5, 0.6) is 0 Å². The van der Waals surface area contributed by atoms with E-state index in [9.17, 15) is 0 Å². The van der Waals surface area contributed by atoms with Crippen molar-refractivity contribution in [2.75, 3.05) is 9.80 Å². The fourth-order valence-corrected chi connectivity index (χ4v) is 16.0. The number of thiophene rings is 1. The van der Waals surface area contributed by atoms with E-state index in [1.165, 1.54) is 150 Å². The van der Waals surface area contributed by atoms with E-state index in [0.29, 0.717) is 0 Å². The number of hydrogen-bond acceptors (Lipinski definition) is 3. The first-order chi connectivity index (χ1) is 33.0. The Labute approximate surface area is 424 Å². The lowest BCUT2D eigenvalue weighted by Crippen LogP contribution is -2.61. The van der Waals surface area contributed by atoms with E-state index in [1.807, 2.05) is 0 Å². The smallest absolute Gasteiger partial charge is 0.254 e. The molecule has 4 heteroatoms. The average Bonchev–Trinajstić information content (AvgIpc) is 3.70. The maximum Gasteiger partial charge on any atom is 0.254 e. The molecule has 7 aliphatic rings. The molecule has 3 heterocycles. The summed E-state index contributed by atoms with van der Waals surface area (Å²) in [5.41, 5.74) is 24.9. The van der Waals surface area contributed by atoms with Crippen LogP contribution in [0.1, 0.15) is 180 Å². The molecule has 2 bridgehead atoms. The average molecular weight is 937 g/mol. The molecule has 2 aliphatic heterocycles. The molecule has 356 valence electrons. The number of anilines is 6. The van der Waals surface area contributed by atoms with Crippen LogP contribution in [-0.2, 0) is 37.9 Å². The molecule has 70 heavy (non-hydrogen) atoms. The highest BCUT2D eigenvalue weighted by atomic mass is 32.1. The van der Waals surface area contributed by atoms with Crippen LogP contribution in [0.25, 0.3) is 21.2 Å². The number of rotatable bonds is 3. The molecule has 0 saturated heterocycles. The van der Waals surface area contributed by atoms with Crippen molar-refractivity contribution in [1.29, 1.82) is 0 Å². The fraction of sp³-hybridized carbons (Fsp3) is 0.424. The van der Waals surface area contributed by atoms with Crippen LogP contribution < -0.4 is 26.2 Å². The molecule has 0 N–H and O–H groups in total. The molecule has 0 atom stereocenters. The molecule has 0 radical (unpaired) electrons. The van der Waals surface area contributed by atoms with Crippen molar-refractivity contribution in [1.82, 2.24) is 0 Å². The Balaban J connectivity index is 1.18. The van der Waals surface area contributed by atoms with Crippen LogP contribution in [0, 0.1) is 0 Å².